The molecule has 0 radical (unpaired) electrons. The van der Waals surface area contributed by atoms with Gasteiger partial charge in [-0.05, 0) is 30.3 Å². The number of nitrogens with zero attached hydrogens (tertiary/aromatic N) is 2. The summed E-state index contributed by atoms with van der Waals surface area (Å²) in [6.07, 6.45) is 0. The first kappa shape index (κ1) is 15.7. The molecule has 116 valence electrons. The monoisotopic (exact) mass is 315 g/mol. The van der Waals surface area contributed by atoms with E-state index in [1.165, 1.54) is 24.3 Å². The summed E-state index contributed by atoms with van der Waals surface area (Å²) in [7, 11) is 0. The lowest BCUT2D eigenvalue weighted by Gasteiger charge is -2.05. The van der Waals surface area contributed by atoms with Crippen LogP contribution in [0.1, 0.15) is 16.1 Å². The van der Waals surface area contributed by atoms with Crippen molar-refractivity contribution >= 4 is 23.4 Å². The number of carbonyl (C=O) groups is 2. The van der Waals surface area contributed by atoms with E-state index >= 15 is 0 Å². The number of amides is 1. The predicted molar refractivity (Wildman–Crippen MR) is 75.4 cm³/mol. The number of esters is 1. The molecule has 0 bridgehead atoms. The van der Waals surface area contributed by atoms with E-state index in [9.17, 15) is 19.7 Å². The molecule has 9 nitrogen and oxygen atoms in total. The first-order chi connectivity index (χ1) is 11.0. The van der Waals surface area contributed by atoms with E-state index in [1.54, 1.807) is 0 Å². The average molecular weight is 315 g/mol. The van der Waals surface area contributed by atoms with Gasteiger partial charge >= 0.3 is 11.9 Å². The number of carbonyl (C=O) groups excluding carboxylic acids is 2. The van der Waals surface area contributed by atoms with Crippen LogP contribution in [0.4, 0.5) is 11.6 Å². The van der Waals surface area contributed by atoms with Gasteiger partial charge in [0.25, 0.3) is 5.91 Å². The van der Waals surface area contributed by atoms with Crippen LogP contribution < -0.4 is 5.32 Å². The van der Waals surface area contributed by atoms with Gasteiger partial charge in [-0.3, -0.25) is 14.9 Å². The largest absolute Gasteiger partial charge is 0.450 e. The molecule has 1 aromatic heterocycles. The number of anilines is 1. The highest BCUT2D eigenvalue weighted by atomic mass is 16.7. The summed E-state index contributed by atoms with van der Waals surface area (Å²) in [4.78, 5) is 32.8. The van der Waals surface area contributed by atoms with E-state index in [-0.39, 0.29) is 5.76 Å². The van der Waals surface area contributed by atoms with Crippen molar-refractivity contribution in [1.29, 1.82) is 5.26 Å². The second-order valence-electron chi connectivity index (χ2n) is 4.21. The van der Waals surface area contributed by atoms with Crippen LogP contribution in [0, 0.1) is 21.4 Å². The van der Waals surface area contributed by atoms with Crippen LogP contribution in [0.15, 0.2) is 40.8 Å². The zero-order valence-corrected chi connectivity index (χ0v) is 11.5. The van der Waals surface area contributed by atoms with Crippen molar-refractivity contribution in [3.63, 3.8) is 0 Å². The lowest BCUT2D eigenvalue weighted by Crippen LogP contribution is -2.20. The molecule has 0 aliphatic rings. The molecule has 1 heterocycles. The number of nitrogens with one attached hydrogen (secondary N) is 1. The molecule has 1 aromatic carbocycles. The number of rotatable bonds is 5. The maximum Gasteiger partial charge on any atom is 0.433 e. The highest BCUT2D eigenvalue weighted by Gasteiger charge is 2.19. The topological polar surface area (TPSA) is 135 Å². The molecule has 9 heteroatoms. The Morgan fingerprint density at radius 1 is 1.26 bits per heavy atom. The van der Waals surface area contributed by atoms with Gasteiger partial charge in [0.05, 0.1) is 17.7 Å². The van der Waals surface area contributed by atoms with Crippen molar-refractivity contribution < 1.29 is 23.7 Å². The Kier molecular flexibility index (Phi) is 4.69. The molecule has 2 aromatic rings. The third kappa shape index (κ3) is 4.15. The zero-order chi connectivity index (χ0) is 16.8. The Balaban J connectivity index is 1.86. The number of nitriles is 1. The lowest BCUT2D eigenvalue weighted by atomic mass is 10.2. The number of ether oxygens (including phenoxy) is 1. The van der Waals surface area contributed by atoms with Crippen molar-refractivity contribution in [2.24, 2.45) is 0 Å². The quantitative estimate of drug-likeness (QED) is 0.505. The van der Waals surface area contributed by atoms with E-state index < -0.39 is 29.3 Å². The minimum atomic E-state index is -0.993. The Morgan fingerprint density at radius 3 is 2.52 bits per heavy atom. The molecule has 23 heavy (non-hydrogen) atoms. The van der Waals surface area contributed by atoms with Crippen LogP contribution in [0.3, 0.4) is 0 Å². The predicted octanol–water partition coefficient (Wildman–Crippen LogP) is 1.85. The van der Waals surface area contributed by atoms with Gasteiger partial charge < -0.3 is 14.5 Å². The van der Waals surface area contributed by atoms with Crippen LogP contribution in [0.2, 0.25) is 0 Å². The van der Waals surface area contributed by atoms with E-state index in [4.69, 9.17) is 5.26 Å². The van der Waals surface area contributed by atoms with Crippen LogP contribution >= 0.6 is 0 Å². The molecular formula is C14H9N3O6. The summed E-state index contributed by atoms with van der Waals surface area (Å²) in [5.41, 5.74) is 0.868. The fourth-order valence-corrected chi connectivity index (χ4v) is 1.56. The van der Waals surface area contributed by atoms with Crippen LogP contribution in [0.25, 0.3) is 0 Å². The van der Waals surface area contributed by atoms with Crippen LogP contribution in [-0.2, 0) is 9.53 Å². The minimum Gasteiger partial charge on any atom is -0.450 e. The minimum absolute atomic E-state index is 0.372. The smallest absolute Gasteiger partial charge is 0.433 e. The Bertz CT molecular complexity index is 788. The van der Waals surface area contributed by atoms with Gasteiger partial charge in [-0.1, -0.05) is 0 Å². The summed E-state index contributed by atoms with van der Waals surface area (Å²) in [6.45, 7) is -0.590. The lowest BCUT2D eigenvalue weighted by molar-refractivity contribution is -0.402. The second-order valence-corrected chi connectivity index (χ2v) is 4.21. The maximum atomic E-state index is 11.6. The number of hydrogen-bond acceptors (Lipinski definition) is 7. The Labute approximate surface area is 129 Å². The second kappa shape index (κ2) is 6.86. The molecule has 1 amide bonds. The van der Waals surface area contributed by atoms with Gasteiger partial charge in [0.2, 0.25) is 5.76 Å². The van der Waals surface area contributed by atoms with Gasteiger partial charge in [-0.2, -0.15) is 5.26 Å². The van der Waals surface area contributed by atoms with Crippen molar-refractivity contribution in [2.75, 3.05) is 11.9 Å². The first-order valence-corrected chi connectivity index (χ1v) is 6.21. The SMILES string of the molecule is N#Cc1ccc(NC(=O)COC(=O)c2ccc([N+](=O)[O-])o2)cc1. The molecular weight excluding hydrogens is 306 g/mol. The number of furan rings is 1. The van der Waals surface area contributed by atoms with Gasteiger partial charge in [-0.25, -0.2) is 4.79 Å². The number of benzene rings is 1. The number of hydrogen-bond donors (Lipinski definition) is 1. The molecule has 1 N–H and O–H groups in total. The Morgan fingerprint density at radius 2 is 1.96 bits per heavy atom. The molecule has 0 spiro atoms. The third-order valence-corrected chi connectivity index (χ3v) is 2.61. The van der Waals surface area contributed by atoms with Gasteiger partial charge in [0, 0.05) is 5.69 Å². The third-order valence-electron chi connectivity index (χ3n) is 2.61. The van der Waals surface area contributed by atoms with Crippen molar-refractivity contribution in [3.05, 3.63) is 57.8 Å². The van der Waals surface area contributed by atoms with Crippen LogP contribution in [0.5, 0.6) is 0 Å². The van der Waals surface area contributed by atoms with Crippen LogP contribution in [-0.4, -0.2) is 23.4 Å². The Hall–Kier alpha value is -3.67. The highest BCUT2D eigenvalue weighted by molar-refractivity contribution is 5.94. The molecule has 2 rings (SSSR count). The molecule has 0 atom stereocenters. The number of nitro groups is 1. The molecule has 0 unspecified atom stereocenters. The molecule has 0 fully saturated rings. The van der Waals surface area contributed by atoms with Crippen molar-refractivity contribution in [1.82, 2.24) is 0 Å². The maximum absolute atomic E-state index is 11.6. The highest BCUT2D eigenvalue weighted by Crippen LogP contribution is 2.16. The van der Waals surface area contributed by atoms with E-state index in [2.05, 4.69) is 14.5 Å². The van der Waals surface area contributed by atoms with E-state index in [1.807, 2.05) is 6.07 Å². The fraction of sp³-hybridized carbons (Fsp3) is 0.0714. The molecule has 0 aliphatic heterocycles. The van der Waals surface area contributed by atoms with Gasteiger partial charge in [0.15, 0.2) is 6.61 Å². The summed E-state index contributed by atoms with van der Waals surface area (Å²) in [5.74, 6) is -2.57. The normalized spacial score (nSPS) is 9.70. The molecule has 0 aliphatic carbocycles. The summed E-state index contributed by atoms with van der Waals surface area (Å²) in [6, 6.07) is 10.1. The van der Waals surface area contributed by atoms with Gasteiger partial charge in [-0.15, -0.1) is 0 Å². The van der Waals surface area contributed by atoms with Crippen molar-refractivity contribution in [3.8, 4) is 6.07 Å². The van der Waals surface area contributed by atoms with Crippen molar-refractivity contribution in [2.45, 2.75) is 0 Å². The zero-order valence-electron chi connectivity index (χ0n) is 11.5. The van der Waals surface area contributed by atoms with E-state index in [0.29, 0.717) is 11.3 Å². The fourth-order valence-electron chi connectivity index (χ4n) is 1.56. The first-order valence-electron chi connectivity index (χ1n) is 6.21. The summed E-state index contributed by atoms with van der Waals surface area (Å²) < 4.78 is 9.33. The molecule has 0 saturated heterocycles. The standard InChI is InChI=1S/C14H9N3O6/c15-7-9-1-3-10(4-2-9)16-12(18)8-22-14(19)11-5-6-13(23-11)17(20)21/h1-6H,8H2,(H,16,18). The summed E-state index contributed by atoms with van der Waals surface area (Å²) >= 11 is 0. The average Bonchev–Trinajstić information content (AvgIpc) is 3.03. The van der Waals surface area contributed by atoms with Gasteiger partial charge in [0.1, 0.15) is 4.92 Å². The van der Waals surface area contributed by atoms with E-state index in [0.717, 1.165) is 12.1 Å². The molecule has 0 saturated carbocycles. The summed E-state index contributed by atoms with van der Waals surface area (Å²) in [5, 5.41) is 21.5.